The Kier molecular flexibility index (Phi) is 3.91. The van der Waals surface area contributed by atoms with Crippen molar-refractivity contribution in [3.05, 3.63) is 21.8 Å². The zero-order chi connectivity index (χ0) is 14.1. The molecule has 1 fully saturated rings. The SMILES string of the molecule is CCCNc1nc(-c2cncn2C2CC2)nc(C)c1I. The van der Waals surface area contributed by atoms with Crippen molar-refractivity contribution in [1.82, 2.24) is 19.5 Å². The molecule has 0 radical (unpaired) electrons. The molecule has 6 heteroatoms. The second kappa shape index (κ2) is 5.67. The average molecular weight is 383 g/mol. The lowest BCUT2D eigenvalue weighted by atomic mass is 10.3. The first-order chi connectivity index (χ1) is 9.70. The van der Waals surface area contributed by atoms with Gasteiger partial charge >= 0.3 is 0 Å². The highest BCUT2D eigenvalue weighted by Gasteiger charge is 2.26. The topological polar surface area (TPSA) is 55.6 Å². The van der Waals surface area contributed by atoms with E-state index in [2.05, 4.69) is 49.4 Å². The fourth-order valence-electron chi connectivity index (χ4n) is 2.16. The van der Waals surface area contributed by atoms with Crippen LogP contribution in [0, 0.1) is 10.5 Å². The molecule has 1 aliphatic rings. The lowest BCUT2D eigenvalue weighted by Crippen LogP contribution is -2.08. The van der Waals surface area contributed by atoms with Gasteiger partial charge in [0.2, 0.25) is 0 Å². The fourth-order valence-corrected chi connectivity index (χ4v) is 2.59. The number of hydrogen-bond donors (Lipinski definition) is 1. The molecule has 2 aromatic rings. The van der Waals surface area contributed by atoms with Gasteiger partial charge in [-0.15, -0.1) is 0 Å². The van der Waals surface area contributed by atoms with Gasteiger partial charge in [0, 0.05) is 12.6 Å². The maximum Gasteiger partial charge on any atom is 0.180 e. The molecule has 2 heterocycles. The molecule has 5 nitrogen and oxygen atoms in total. The molecule has 0 amide bonds. The Morgan fingerprint density at radius 2 is 2.20 bits per heavy atom. The van der Waals surface area contributed by atoms with Crippen LogP contribution in [0.15, 0.2) is 12.5 Å². The molecule has 3 rings (SSSR count). The van der Waals surface area contributed by atoms with Crippen LogP contribution in [0.5, 0.6) is 0 Å². The molecule has 0 aliphatic heterocycles. The third-order valence-electron chi connectivity index (χ3n) is 3.39. The molecule has 20 heavy (non-hydrogen) atoms. The molecule has 0 spiro atoms. The van der Waals surface area contributed by atoms with Gasteiger partial charge in [-0.05, 0) is 48.8 Å². The molecule has 0 bridgehead atoms. The summed E-state index contributed by atoms with van der Waals surface area (Å²) in [5.41, 5.74) is 2.03. The fraction of sp³-hybridized carbons (Fsp3) is 0.500. The van der Waals surface area contributed by atoms with Gasteiger partial charge in [-0.1, -0.05) is 6.92 Å². The van der Waals surface area contributed by atoms with Crippen molar-refractivity contribution in [3.8, 4) is 11.5 Å². The van der Waals surface area contributed by atoms with Crippen LogP contribution in [0.3, 0.4) is 0 Å². The third-order valence-corrected chi connectivity index (χ3v) is 4.69. The number of nitrogens with zero attached hydrogens (tertiary/aromatic N) is 4. The van der Waals surface area contributed by atoms with Crippen molar-refractivity contribution < 1.29 is 0 Å². The first kappa shape index (κ1) is 13.8. The number of hydrogen-bond acceptors (Lipinski definition) is 4. The molecule has 106 valence electrons. The Morgan fingerprint density at radius 1 is 1.40 bits per heavy atom. The summed E-state index contributed by atoms with van der Waals surface area (Å²) < 4.78 is 3.29. The van der Waals surface area contributed by atoms with Gasteiger partial charge < -0.3 is 9.88 Å². The van der Waals surface area contributed by atoms with Crippen LogP contribution >= 0.6 is 22.6 Å². The summed E-state index contributed by atoms with van der Waals surface area (Å²) in [5, 5.41) is 3.38. The first-order valence-corrected chi connectivity index (χ1v) is 8.08. The summed E-state index contributed by atoms with van der Waals surface area (Å²) in [4.78, 5) is 13.6. The normalized spacial score (nSPS) is 14.6. The second-order valence-corrected chi connectivity index (χ2v) is 6.22. The Hall–Kier alpha value is -1.18. The summed E-state index contributed by atoms with van der Waals surface area (Å²) in [5.74, 6) is 1.70. The lowest BCUT2D eigenvalue weighted by Gasteiger charge is -2.11. The van der Waals surface area contributed by atoms with E-state index in [0.29, 0.717) is 6.04 Å². The van der Waals surface area contributed by atoms with Crippen LogP contribution < -0.4 is 5.32 Å². The average Bonchev–Trinajstić information content (AvgIpc) is 3.17. The number of aromatic nitrogens is 4. The maximum atomic E-state index is 4.69. The van der Waals surface area contributed by atoms with Crippen LogP contribution in [-0.2, 0) is 0 Å². The van der Waals surface area contributed by atoms with E-state index < -0.39 is 0 Å². The van der Waals surface area contributed by atoms with E-state index in [-0.39, 0.29) is 0 Å². The largest absolute Gasteiger partial charge is 0.369 e. The smallest absolute Gasteiger partial charge is 0.180 e. The molecular formula is C14H18IN5. The number of nitrogens with one attached hydrogen (secondary N) is 1. The van der Waals surface area contributed by atoms with E-state index in [1.165, 1.54) is 12.8 Å². The van der Waals surface area contributed by atoms with E-state index in [1.807, 2.05) is 19.4 Å². The van der Waals surface area contributed by atoms with E-state index in [4.69, 9.17) is 4.98 Å². The van der Waals surface area contributed by atoms with E-state index in [1.54, 1.807) is 0 Å². The summed E-state index contributed by atoms with van der Waals surface area (Å²) in [6.07, 6.45) is 7.29. The molecule has 2 aromatic heterocycles. The molecule has 1 saturated carbocycles. The van der Waals surface area contributed by atoms with Gasteiger partial charge in [-0.3, -0.25) is 0 Å². The highest BCUT2D eigenvalue weighted by atomic mass is 127. The molecule has 0 saturated heterocycles. The van der Waals surface area contributed by atoms with Gasteiger partial charge in [0.1, 0.15) is 11.5 Å². The summed E-state index contributed by atoms with van der Waals surface area (Å²) >= 11 is 2.30. The van der Waals surface area contributed by atoms with E-state index in [0.717, 1.165) is 39.6 Å². The monoisotopic (exact) mass is 383 g/mol. The molecule has 1 N–H and O–H groups in total. The molecule has 0 atom stereocenters. The van der Waals surface area contributed by atoms with Crippen molar-refractivity contribution in [2.75, 3.05) is 11.9 Å². The Labute approximate surface area is 132 Å². The molecule has 0 aromatic carbocycles. The highest BCUT2D eigenvalue weighted by Crippen LogP contribution is 2.37. The Bertz CT molecular complexity index is 618. The highest BCUT2D eigenvalue weighted by molar-refractivity contribution is 14.1. The Balaban J connectivity index is 2.00. The van der Waals surface area contributed by atoms with Gasteiger partial charge in [0.05, 0.1) is 21.8 Å². The van der Waals surface area contributed by atoms with Crippen LogP contribution in [0.4, 0.5) is 5.82 Å². The van der Waals surface area contributed by atoms with Gasteiger partial charge in [0.15, 0.2) is 5.82 Å². The lowest BCUT2D eigenvalue weighted by molar-refractivity contribution is 0.742. The summed E-state index contributed by atoms with van der Waals surface area (Å²) in [6.45, 7) is 5.10. The van der Waals surface area contributed by atoms with E-state index in [9.17, 15) is 0 Å². The van der Waals surface area contributed by atoms with Crippen LogP contribution in [0.2, 0.25) is 0 Å². The summed E-state index contributed by atoms with van der Waals surface area (Å²) in [6, 6.07) is 0.586. The van der Waals surface area contributed by atoms with Gasteiger partial charge in [0.25, 0.3) is 0 Å². The number of aryl methyl sites for hydroxylation is 1. The van der Waals surface area contributed by atoms with Gasteiger partial charge in [-0.2, -0.15) is 0 Å². The van der Waals surface area contributed by atoms with Gasteiger partial charge in [-0.25, -0.2) is 15.0 Å². The zero-order valence-corrected chi connectivity index (χ0v) is 13.9. The Morgan fingerprint density at radius 3 is 2.90 bits per heavy atom. The van der Waals surface area contributed by atoms with E-state index >= 15 is 0 Å². The minimum absolute atomic E-state index is 0.586. The van der Waals surface area contributed by atoms with Crippen molar-refractivity contribution in [3.63, 3.8) is 0 Å². The number of halogens is 1. The number of rotatable bonds is 5. The van der Waals surface area contributed by atoms with Crippen molar-refractivity contribution >= 4 is 28.4 Å². The molecule has 0 unspecified atom stereocenters. The van der Waals surface area contributed by atoms with Crippen molar-refractivity contribution in [1.29, 1.82) is 0 Å². The number of imidazole rings is 1. The second-order valence-electron chi connectivity index (χ2n) is 5.14. The summed E-state index contributed by atoms with van der Waals surface area (Å²) in [7, 11) is 0. The van der Waals surface area contributed by atoms with Crippen molar-refractivity contribution in [2.45, 2.75) is 39.2 Å². The minimum atomic E-state index is 0.586. The van der Waals surface area contributed by atoms with Crippen molar-refractivity contribution in [2.24, 2.45) is 0 Å². The molecule has 1 aliphatic carbocycles. The minimum Gasteiger partial charge on any atom is -0.369 e. The predicted molar refractivity (Wildman–Crippen MR) is 87.8 cm³/mol. The predicted octanol–water partition coefficient (Wildman–Crippen LogP) is 3.41. The third kappa shape index (κ3) is 2.65. The quantitative estimate of drug-likeness (QED) is 0.805. The number of anilines is 1. The van der Waals surface area contributed by atoms with Crippen LogP contribution in [-0.4, -0.2) is 26.1 Å². The standard InChI is InChI=1S/C14H18IN5/c1-3-6-17-14-12(15)9(2)18-13(19-14)11-7-16-8-20(11)10-4-5-10/h7-8,10H,3-6H2,1-2H3,(H,17,18,19). The van der Waals surface area contributed by atoms with Crippen LogP contribution in [0.1, 0.15) is 37.9 Å². The molecular weight excluding hydrogens is 365 g/mol. The first-order valence-electron chi connectivity index (χ1n) is 7.01. The zero-order valence-electron chi connectivity index (χ0n) is 11.7. The maximum absolute atomic E-state index is 4.69. The van der Waals surface area contributed by atoms with Crippen LogP contribution in [0.25, 0.3) is 11.5 Å².